The molecule has 0 spiro atoms. The van der Waals surface area contributed by atoms with Crippen LogP contribution >= 0.6 is 0 Å². The number of hydrogen-bond acceptors (Lipinski definition) is 8. The van der Waals surface area contributed by atoms with Crippen LogP contribution in [0.5, 0.6) is 0 Å². The van der Waals surface area contributed by atoms with E-state index in [0.29, 0.717) is 11.3 Å². The zero-order valence-corrected chi connectivity index (χ0v) is 18.8. The molecule has 1 atom stereocenters. The van der Waals surface area contributed by atoms with Gasteiger partial charge in [0.2, 0.25) is 0 Å². The third kappa shape index (κ3) is 4.00. The summed E-state index contributed by atoms with van der Waals surface area (Å²) in [6.45, 7) is 0. The molecule has 1 aliphatic rings. The standard InChI is InChI=1S/C25H20FN5O4/c1-34-24(32)21-20(15-6-4-3-5-7-15)17(13-27)23(28)31(22(21)25(33)35-2)19-12-16(26)8-9-18(19)30-11-10-29-14-30/h3-12,14,20H,28H2,1-2H3. The fraction of sp³-hybridized carbons (Fsp3) is 0.120. The molecule has 2 aromatic carbocycles. The largest absolute Gasteiger partial charge is 0.466 e. The molecule has 2 heterocycles. The highest BCUT2D eigenvalue weighted by Crippen LogP contribution is 2.44. The van der Waals surface area contributed by atoms with Crippen molar-refractivity contribution < 1.29 is 23.5 Å². The van der Waals surface area contributed by atoms with Gasteiger partial charge in [0.05, 0.1) is 55.1 Å². The fourth-order valence-corrected chi connectivity index (χ4v) is 4.06. The zero-order chi connectivity index (χ0) is 25.1. The van der Waals surface area contributed by atoms with Crippen LogP contribution in [-0.2, 0) is 19.1 Å². The van der Waals surface area contributed by atoms with Crippen molar-refractivity contribution in [3.05, 3.63) is 101 Å². The number of allylic oxidation sites excluding steroid dienone is 1. The Bertz CT molecular complexity index is 1390. The van der Waals surface area contributed by atoms with E-state index in [9.17, 15) is 19.2 Å². The quantitative estimate of drug-likeness (QED) is 0.561. The molecule has 176 valence electrons. The van der Waals surface area contributed by atoms with Crippen LogP contribution in [0.4, 0.5) is 10.1 Å². The topological polar surface area (TPSA) is 123 Å². The van der Waals surface area contributed by atoms with E-state index in [0.717, 1.165) is 25.2 Å². The van der Waals surface area contributed by atoms with Crippen LogP contribution in [0.1, 0.15) is 11.5 Å². The predicted octanol–water partition coefficient (Wildman–Crippen LogP) is 2.91. The molecule has 0 saturated carbocycles. The summed E-state index contributed by atoms with van der Waals surface area (Å²) in [6.07, 6.45) is 4.61. The fourth-order valence-electron chi connectivity index (χ4n) is 4.06. The van der Waals surface area contributed by atoms with Gasteiger partial charge >= 0.3 is 11.9 Å². The molecule has 0 fully saturated rings. The van der Waals surface area contributed by atoms with Gasteiger partial charge in [-0.2, -0.15) is 5.26 Å². The third-order valence-electron chi connectivity index (χ3n) is 5.57. The van der Waals surface area contributed by atoms with Crippen LogP contribution in [0.15, 0.2) is 89.9 Å². The second-order valence-electron chi connectivity index (χ2n) is 7.44. The van der Waals surface area contributed by atoms with E-state index >= 15 is 0 Å². The van der Waals surface area contributed by atoms with Crippen molar-refractivity contribution in [2.24, 2.45) is 5.73 Å². The van der Waals surface area contributed by atoms with Gasteiger partial charge in [0.15, 0.2) is 0 Å². The Labute approximate surface area is 200 Å². The average molecular weight is 473 g/mol. The summed E-state index contributed by atoms with van der Waals surface area (Å²) < 4.78 is 26.1. The maximum absolute atomic E-state index is 14.5. The Morgan fingerprint density at radius 1 is 1.09 bits per heavy atom. The minimum absolute atomic E-state index is 0.0231. The van der Waals surface area contributed by atoms with Gasteiger partial charge in [0, 0.05) is 18.5 Å². The maximum Gasteiger partial charge on any atom is 0.355 e. The van der Waals surface area contributed by atoms with Crippen molar-refractivity contribution in [2.45, 2.75) is 5.92 Å². The molecule has 1 aliphatic heterocycles. The molecule has 0 radical (unpaired) electrons. The van der Waals surface area contributed by atoms with Crippen molar-refractivity contribution in [2.75, 3.05) is 19.1 Å². The first kappa shape index (κ1) is 23.3. The van der Waals surface area contributed by atoms with Gasteiger partial charge in [-0.1, -0.05) is 30.3 Å². The Hall–Kier alpha value is -4.91. The molecule has 0 bridgehead atoms. The number of halogens is 1. The van der Waals surface area contributed by atoms with E-state index in [4.69, 9.17) is 15.2 Å². The molecule has 2 N–H and O–H groups in total. The Morgan fingerprint density at radius 3 is 2.40 bits per heavy atom. The highest BCUT2D eigenvalue weighted by molar-refractivity contribution is 6.06. The average Bonchev–Trinajstić information content (AvgIpc) is 3.42. The van der Waals surface area contributed by atoms with Crippen molar-refractivity contribution in [1.29, 1.82) is 5.26 Å². The Kier molecular flexibility index (Phi) is 6.33. The van der Waals surface area contributed by atoms with Crippen molar-refractivity contribution >= 4 is 17.6 Å². The summed E-state index contributed by atoms with van der Waals surface area (Å²) >= 11 is 0. The second kappa shape index (κ2) is 9.52. The van der Waals surface area contributed by atoms with Gasteiger partial charge in [0.25, 0.3) is 0 Å². The summed E-state index contributed by atoms with van der Waals surface area (Å²) in [4.78, 5) is 31.5. The van der Waals surface area contributed by atoms with Gasteiger partial charge in [0.1, 0.15) is 17.3 Å². The van der Waals surface area contributed by atoms with Crippen molar-refractivity contribution in [1.82, 2.24) is 9.55 Å². The van der Waals surface area contributed by atoms with Crippen LogP contribution < -0.4 is 10.6 Å². The van der Waals surface area contributed by atoms with Crippen molar-refractivity contribution in [3.8, 4) is 11.8 Å². The molecule has 0 amide bonds. The lowest BCUT2D eigenvalue weighted by molar-refractivity contribution is -0.139. The lowest BCUT2D eigenvalue weighted by Crippen LogP contribution is -2.41. The summed E-state index contributed by atoms with van der Waals surface area (Å²) in [5.41, 5.74) is 7.00. The first-order valence-corrected chi connectivity index (χ1v) is 10.4. The minimum atomic E-state index is -1.02. The molecule has 0 saturated heterocycles. The number of methoxy groups -OCH3 is 2. The van der Waals surface area contributed by atoms with Gasteiger partial charge in [-0.05, 0) is 17.7 Å². The number of hydrogen-bond donors (Lipinski definition) is 1. The summed E-state index contributed by atoms with van der Waals surface area (Å²) in [7, 11) is 2.30. The molecular weight excluding hydrogens is 453 g/mol. The van der Waals surface area contributed by atoms with Crippen LogP contribution in [-0.4, -0.2) is 35.7 Å². The highest BCUT2D eigenvalue weighted by atomic mass is 19.1. The van der Waals surface area contributed by atoms with E-state index in [2.05, 4.69) is 11.1 Å². The molecule has 4 rings (SSSR count). The Morgan fingerprint density at radius 2 is 1.80 bits per heavy atom. The van der Waals surface area contributed by atoms with Gasteiger partial charge in [-0.3, -0.25) is 4.90 Å². The van der Waals surface area contributed by atoms with Crippen LogP contribution in [0.3, 0.4) is 0 Å². The number of rotatable bonds is 5. The number of nitrogens with two attached hydrogens (primary N) is 1. The second-order valence-corrected chi connectivity index (χ2v) is 7.44. The van der Waals surface area contributed by atoms with Crippen molar-refractivity contribution in [3.63, 3.8) is 0 Å². The number of imidazole rings is 1. The number of aromatic nitrogens is 2. The van der Waals surface area contributed by atoms with Gasteiger partial charge < -0.3 is 19.8 Å². The lowest BCUT2D eigenvalue weighted by Gasteiger charge is -2.36. The minimum Gasteiger partial charge on any atom is -0.466 e. The SMILES string of the molecule is COC(=O)C1=C(C(=O)OC)N(c2cc(F)ccc2-n2ccnc2)C(N)=C(C#N)C1c1ccccc1. The number of nitrogens with zero attached hydrogens (tertiary/aromatic N) is 4. The number of esters is 2. The highest BCUT2D eigenvalue weighted by Gasteiger charge is 2.43. The molecule has 1 aromatic heterocycles. The number of anilines is 1. The summed E-state index contributed by atoms with van der Waals surface area (Å²) in [5.74, 6) is -3.62. The number of benzene rings is 2. The zero-order valence-electron chi connectivity index (χ0n) is 18.8. The van der Waals surface area contributed by atoms with E-state index in [1.165, 1.54) is 24.7 Å². The number of nitriles is 1. The van der Waals surface area contributed by atoms with E-state index in [-0.39, 0.29) is 28.4 Å². The molecule has 35 heavy (non-hydrogen) atoms. The Balaban J connectivity index is 2.11. The van der Waals surface area contributed by atoms with E-state index in [1.54, 1.807) is 41.1 Å². The van der Waals surface area contributed by atoms with Crippen LogP contribution in [0, 0.1) is 17.1 Å². The third-order valence-corrected chi connectivity index (χ3v) is 5.57. The van der Waals surface area contributed by atoms with Gasteiger partial charge in [-0.15, -0.1) is 0 Å². The molecular formula is C25H20FN5O4. The first-order valence-electron chi connectivity index (χ1n) is 10.4. The van der Waals surface area contributed by atoms with Gasteiger partial charge in [-0.25, -0.2) is 19.0 Å². The lowest BCUT2D eigenvalue weighted by atomic mass is 9.81. The molecule has 10 heteroatoms. The molecule has 3 aromatic rings. The van der Waals surface area contributed by atoms with Crippen LogP contribution in [0.2, 0.25) is 0 Å². The maximum atomic E-state index is 14.5. The smallest absolute Gasteiger partial charge is 0.355 e. The molecule has 9 nitrogen and oxygen atoms in total. The normalized spacial score (nSPS) is 15.6. The van der Waals surface area contributed by atoms with E-state index < -0.39 is 23.7 Å². The van der Waals surface area contributed by atoms with Crippen LogP contribution in [0.25, 0.3) is 5.69 Å². The number of carbonyl (C=O) groups excluding carboxylic acids is 2. The first-order chi connectivity index (χ1) is 16.9. The molecule has 0 aliphatic carbocycles. The van der Waals surface area contributed by atoms with E-state index in [1.807, 2.05) is 0 Å². The summed E-state index contributed by atoms with van der Waals surface area (Å²) in [5, 5.41) is 10.1. The predicted molar refractivity (Wildman–Crippen MR) is 123 cm³/mol. The number of carbonyl (C=O) groups is 2. The summed E-state index contributed by atoms with van der Waals surface area (Å²) in [6, 6.07) is 14.5. The molecule has 1 unspecified atom stereocenters. The number of ether oxygens (including phenoxy) is 2. The monoisotopic (exact) mass is 473 g/mol.